The molecule has 0 atom stereocenters. The standard InChI is InChI=1S/C13H13NO3/c15-9-11-6-12(16)13(17)8-14(11)7-10-4-2-1-3-5-10/h1-6,8,15,17H,7,9H2. The third-order valence-corrected chi connectivity index (χ3v) is 2.55. The first-order valence-electron chi connectivity index (χ1n) is 5.28. The normalized spacial score (nSPS) is 10.4. The summed E-state index contributed by atoms with van der Waals surface area (Å²) < 4.78 is 1.66. The van der Waals surface area contributed by atoms with E-state index in [2.05, 4.69) is 0 Å². The van der Waals surface area contributed by atoms with Gasteiger partial charge in [0.25, 0.3) is 0 Å². The van der Waals surface area contributed by atoms with Gasteiger partial charge in [0.2, 0.25) is 5.43 Å². The predicted molar refractivity (Wildman–Crippen MR) is 63.8 cm³/mol. The summed E-state index contributed by atoms with van der Waals surface area (Å²) in [4.78, 5) is 11.2. The zero-order chi connectivity index (χ0) is 12.3. The first-order chi connectivity index (χ1) is 8.20. The molecule has 0 saturated carbocycles. The molecule has 1 heterocycles. The lowest BCUT2D eigenvalue weighted by Crippen LogP contribution is -2.13. The van der Waals surface area contributed by atoms with E-state index in [9.17, 15) is 15.0 Å². The van der Waals surface area contributed by atoms with E-state index in [1.165, 1.54) is 12.3 Å². The van der Waals surface area contributed by atoms with Gasteiger partial charge in [-0.2, -0.15) is 0 Å². The van der Waals surface area contributed by atoms with Crippen molar-refractivity contribution in [3.8, 4) is 5.75 Å². The minimum Gasteiger partial charge on any atom is -0.503 e. The van der Waals surface area contributed by atoms with E-state index >= 15 is 0 Å². The zero-order valence-electron chi connectivity index (χ0n) is 9.21. The molecule has 0 aliphatic rings. The smallest absolute Gasteiger partial charge is 0.223 e. The van der Waals surface area contributed by atoms with Crippen molar-refractivity contribution in [3.63, 3.8) is 0 Å². The Labute approximate surface area is 98.4 Å². The first kappa shape index (κ1) is 11.4. The summed E-state index contributed by atoms with van der Waals surface area (Å²) in [6, 6.07) is 10.9. The fourth-order valence-electron chi connectivity index (χ4n) is 1.67. The number of aliphatic hydroxyl groups is 1. The van der Waals surface area contributed by atoms with Crippen LogP contribution in [0.3, 0.4) is 0 Å². The Balaban J connectivity index is 2.38. The lowest BCUT2D eigenvalue weighted by atomic mass is 10.2. The van der Waals surface area contributed by atoms with E-state index in [1.54, 1.807) is 4.57 Å². The molecular formula is C13H13NO3. The zero-order valence-corrected chi connectivity index (χ0v) is 9.21. The number of rotatable bonds is 3. The molecule has 0 saturated heterocycles. The summed E-state index contributed by atoms with van der Waals surface area (Å²) in [6.07, 6.45) is 1.35. The predicted octanol–water partition coefficient (Wildman–Crippen LogP) is 1.09. The van der Waals surface area contributed by atoms with Gasteiger partial charge in [-0.15, -0.1) is 0 Å². The molecule has 2 N–H and O–H groups in total. The minimum atomic E-state index is -0.474. The average Bonchev–Trinajstić information content (AvgIpc) is 2.35. The summed E-state index contributed by atoms with van der Waals surface area (Å²) in [6.45, 7) is 0.271. The van der Waals surface area contributed by atoms with E-state index in [0.29, 0.717) is 12.2 Å². The molecule has 17 heavy (non-hydrogen) atoms. The second-order valence-corrected chi connectivity index (χ2v) is 3.79. The van der Waals surface area contributed by atoms with Crippen LogP contribution in [0.1, 0.15) is 11.3 Å². The molecule has 0 aliphatic heterocycles. The fourth-order valence-corrected chi connectivity index (χ4v) is 1.67. The molecule has 0 amide bonds. The van der Waals surface area contributed by atoms with Gasteiger partial charge in [-0.25, -0.2) is 0 Å². The molecule has 0 spiro atoms. The number of hydrogen-bond acceptors (Lipinski definition) is 3. The largest absolute Gasteiger partial charge is 0.503 e. The summed E-state index contributed by atoms with van der Waals surface area (Å²) >= 11 is 0. The highest BCUT2D eigenvalue weighted by Crippen LogP contribution is 2.09. The van der Waals surface area contributed by atoms with Gasteiger partial charge in [0.15, 0.2) is 5.75 Å². The van der Waals surface area contributed by atoms with Crippen LogP contribution in [0.25, 0.3) is 0 Å². The van der Waals surface area contributed by atoms with Crippen LogP contribution < -0.4 is 5.43 Å². The van der Waals surface area contributed by atoms with Crippen LogP contribution in [-0.2, 0) is 13.2 Å². The highest BCUT2D eigenvalue weighted by molar-refractivity contribution is 5.22. The quantitative estimate of drug-likeness (QED) is 0.831. The van der Waals surface area contributed by atoms with Crippen molar-refractivity contribution in [1.29, 1.82) is 0 Å². The van der Waals surface area contributed by atoms with Crippen LogP contribution in [0.15, 0.2) is 47.4 Å². The monoisotopic (exact) mass is 231 g/mol. The highest BCUT2D eigenvalue weighted by atomic mass is 16.3. The number of aromatic nitrogens is 1. The maximum Gasteiger partial charge on any atom is 0.223 e. The summed E-state index contributed by atoms with van der Waals surface area (Å²) in [5.74, 6) is -0.307. The van der Waals surface area contributed by atoms with Gasteiger partial charge in [0, 0.05) is 18.3 Å². The lowest BCUT2D eigenvalue weighted by molar-refractivity contribution is 0.269. The van der Waals surface area contributed by atoms with Crippen LogP contribution >= 0.6 is 0 Å². The van der Waals surface area contributed by atoms with Crippen molar-refractivity contribution in [3.05, 3.63) is 64.1 Å². The fraction of sp³-hybridized carbons (Fsp3) is 0.154. The molecule has 2 rings (SSSR count). The SMILES string of the molecule is O=c1cc(CO)n(Cc2ccccc2)cc1O. The summed E-state index contributed by atoms with van der Waals surface area (Å²) in [5.41, 5.74) is 1.04. The van der Waals surface area contributed by atoms with Gasteiger partial charge in [0.1, 0.15) is 0 Å². The Morgan fingerprint density at radius 2 is 1.88 bits per heavy atom. The summed E-state index contributed by atoms with van der Waals surface area (Å²) in [7, 11) is 0. The molecule has 0 aliphatic carbocycles. The van der Waals surface area contributed by atoms with Crippen LogP contribution in [-0.4, -0.2) is 14.8 Å². The van der Waals surface area contributed by atoms with Gasteiger partial charge in [-0.3, -0.25) is 4.79 Å². The van der Waals surface area contributed by atoms with Gasteiger partial charge >= 0.3 is 0 Å². The molecule has 0 fully saturated rings. The van der Waals surface area contributed by atoms with Crippen molar-refractivity contribution in [2.45, 2.75) is 13.2 Å². The number of aromatic hydroxyl groups is 1. The Morgan fingerprint density at radius 3 is 2.53 bits per heavy atom. The molecule has 0 unspecified atom stereocenters. The van der Waals surface area contributed by atoms with Crippen molar-refractivity contribution < 1.29 is 10.2 Å². The second kappa shape index (κ2) is 4.84. The van der Waals surface area contributed by atoms with Crippen LogP contribution in [0.2, 0.25) is 0 Å². The maximum atomic E-state index is 11.2. The molecule has 4 heteroatoms. The molecule has 1 aromatic carbocycles. The van der Waals surface area contributed by atoms with Crippen LogP contribution in [0.5, 0.6) is 5.75 Å². The third kappa shape index (κ3) is 2.54. The van der Waals surface area contributed by atoms with E-state index in [4.69, 9.17) is 0 Å². The summed E-state index contributed by atoms with van der Waals surface area (Å²) in [5, 5.41) is 18.6. The number of benzene rings is 1. The van der Waals surface area contributed by atoms with Crippen molar-refractivity contribution >= 4 is 0 Å². The number of pyridine rings is 1. The van der Waals surface area contributed by atoms with E-state index < -0.39 is 5.43 Å². The molecular weight excluding hydrogens is 218 g/mol. The van der Waals surface area contributed by atoms with Gasteiger partial charge < -0.3 is 14.8 Å². The van der Waals surface area contributed by atoms with Crippen molar-refractivity contribution in [1.82, 2.24) is 4.57 Å². The average molecular weight is 231 g/mol. The topological polar surface area (TPSA) is 62.5 Å². The first-order valence-corrected chi connectivity index (χ1v) is 5.28. The Morgan fingerprint density at radius 1 is 1.18 bits per heavy atom. The third-order valence-electron chi connectivity index (χ3n) is 2.55. The molecule has 0 bridgehead atoms. The number of nitrogens with zero attached hydrogens (tertiary/aromatic N) is 1. The van der Waals surface area contributed by atoms with E-state index in [0.717, 1.165) is 5.56 Å². The molecule has 0 radical (unpaired) electrons. The van der Waals surface area contributed by atoms with Gasteiger partial charge in [-0.05, 0) is 5.56 Å². The second-order valence-electron chi connectivity index (χ2n) is 3.79. The van der Waals surface area contributed by atoms with Crippen molar-refractivity contribution in [2.24, 2.45) is 0 Å². The highest BCUT2D eigenvalue weighted by Gasteiger charge is 2.05. The van der Waals surface area contributed by atoms with Crippen molar-refractivity contribution in [2.75, 3.05) is 0 Å². The molecule has 88 valence electrons. The minimum absolute atomic E-state index is 0.234. The Bertz CT molecular complexity index is 561. The van der Waals surface area contributed by atoms with Crippen LogP contribution in [0, 0.1) is 0 Å². The number of aliphatic hydroxyl groups excluding tert-OH is 1. The Kier molecular flexibility index (Phi) is 3.25. The molecule has 2 aromatic rings. The van der Waals surface area contributed by atoms with Gasteiger partial charge in [-0.1, -0.05) is 30.3 Å². The van der Waals surface area contributed by atoms with Crippen LogP contribution in [0.4, 0.5) is 0 Å². The molecule has 1 aromatic heterocycles. The van der Waals surface area contributed by atoms with Gasteiger partial charge in [0.05, 0.1) is 12.8 Å². The maximum absolute atomic E-state index is 11.2. The molecule has 4 nitrogen and oxygen atoms in total. The number of hydrogen-bond donors (Lipinski definition) is 2. The van der Waals surface area contributed by atoms with E-state index in [-0.39, 0.29) is 12.4 Å². The van der Waals surface area contributed by atoms with E-state index in [1.807, 2.05) is 30.3 Å². The lowest BCUT2D eigenvalue weighted by Gasteiger charge is -2.12. The Hall–Kier alpha value is -2.07.